The number of carbonyl (C=O) groups is 1. The van der Waals surface area contributed by atoms with Gasteiger partial charge in [0.05, 0.1) is 6.04 Å². The summed E-state index contributed by atoms with van der Waals surface area (Å²) in [6.07, 6.45) is 4.28. The van der Waals surface area contributed by atoms with Gasteiger partial charge in [-0.15, -0.1) is 0 Å². The fraction of sp³-hybridized carbons (Fsp3) is 0.588. The zero-order valence-electron chi connectivity index (χ0n) is 12.7. The van der Waals surface area contributed by atoms with Crippen molar-refractivity contribution in [2.45, 2.75) is 44.7 Å². The Bertz CT molecular complexity index is 513. The second kappa shape index (κ2) is 6.06. The van der Waals surface area contributed by atoms with Gasteiger partial charge in [0, 0.05) is 24.8 Å². The van der Waals surface area contributed by atoms with E-state index in [1.165, 1.54) is 24.1 Å². The Morgan fingerprint density at radius 2 is 2.19 bits per heavy atom. The Balaban J connectivity index is 1.65. The lowest BCUT2D eigenvalue weighted by Gasteiger charge is -2.35. The summed E-state index contributed by atoms with van der Waals surface area (Å²) in [6, 6.07) is 8.92. The Morgan fingerprint density at radius 1 is 1.43 bits per heavy atom. The van der Waals surface area contributed by atoms with Crippen molar-refractivity contribution in [2.24, 2.45) is 11.7 Å². The minimum Gasteiger partial charge on any atom is -0.371 e. The third-order valence-electron chi connectivity index (χ3n) is 4.48. The SMILES string of the molecule is CC1Cc2ccccc2N(CCC(NC2CC2)C(N)=O)C1. The zero-order chi connectivity index (χ0) is 14.8. The molecule has 3 N–H and O–H groups in total. The standard InChI is InChI=1S/C17H25N3O/c1-12-10-13-4-2-3-5-16(13)20(11-12)9-8-15(17(18)21)19-14-6-7-14/h2-5,12,14-15,19H,6-11H2,1H3,(H2,18,21). The van der Waals surface area contributed by atoms with Crippen LogP contribution in [0.1, 0.15) is 31.7 Å². The number of hydrogen-bond donors (Lipinski definition) is 2. The quantitative estimate of drug-likeness (QED) is 0.837. The van der Waals surface area contributed by atoms with E-state index in [4.69, 9.17) is 5.73 Å². The molecule has 1 amide bonds. The number of benzene rings is 1. The summed E-state index contributed by atoms with van der Waals surface area (Å²) < 4.78 is 0. The molecule has 21 heavy (non-hydrogen) atoms. The lowest BCUT2D eigenvalue weighted by molar-refractivity contribution is -0.120. The maximum atomic E-state index is 11.6. The summed E-state index contributed by atoms with van der Waals surface area (Å²) in [6.45, 7) is 4.23. The molecular formula is C17H25N3O. The molecule has 2 unspecified atom stereocenters. The van der Waals surface area contributed by atoms with Crippen LogP contribution in [0.4, 0.5) is 5.69 Å². The molecule has 1 heterocycles. The molecule has 2 atom stereocenters. The fourth-order valence-electron chi connectivity index (χ4n) is 3.25. The van der Waals surface area contributed by atoms with Crippen molar-refractivity contribution < 1.29 is 4.79 Å². The lowest BCUT2D eigenvalue weighted by atomic mass is 9.93. The molecule has 1 aliphatic carbocycles. The lowest BCUT2D eigenvalue weighted by Crippen LogP contribution is -2.45. The van der Waals surface area contributed by atoms with Crippen molar-refractivity contribution in [2.75, 3.05) is 18.0 Å². The summed E-state index contributed by atoms with van der Waals surface area (Å²) in [5.74, 6) is 0.434. The normalized spacial score (nSPS) is 22.7. The number of amides is 1. The number of fused-ring (bicyclic) bond motifs is 1. The number of anilines is 1. The highest BCUT2D eigenvalue weighted by molar-refractivity contribution is 5.80. The predicted octanol–water partition coefficient (Wildman–Crippen LogP) is 1.68. The van der Waals surface area contributed by atoms with E-state index in [0.29, 0.717) is 12.0 Å². The van der Waals surface area contributed by atoms with Crippen LogP contribution < -0.4 is 16.0 Å². The molecule has 1 fully saturated rings. The summed E-state index contributed by atoms with van der Waals surface area (Å²) >= 11 is 0. The number of primary amides is 1. The van der Waals surface area contributed by atoms with Crippen molar-refractivity contribution in [1.82, 2.24) is 5.32 Å². The molecule has 0 spiro atoms. The number of rotatable bonds is 6. The molecule has 3 rings (SSSR count). The van der Waals surface area contributed by atoms with Crippen LogP contribution in [0, 0.1) is 5.92 Å². The number of nitrogens with zero attached hydrogens (tertiary/aromatic N) is 1. The van der Waals surface area contributed by atoms with Crippen molar-refractivity contribution in [3.63, 3.8) is 0 Å². The van der Waals surface area contributed by atoms with Crippen LogP contribution in [0.5, 0.6) is 0 Å². The predicted molar refractivity (Wildman–Crippen MR) is 85.3 cm³/mol. The average Bonchev–Trinajstić information content (AvgIpc) is 3.26. The molecule has 4 nitrogen and oxygen atoms in total. The molecule has 0 aromatic heterocycles. The molecule has 0 bridgehead atoms. The maximum absolute atomic E-state index is 11.6. The summed E-state index contributed by atoms with van der Waals surface area (Å²) in [7, 11) is 0. The van der Waals surface area contributed by atoms with Crippen molar-refractivity contribution in [1.29, 1.82) is 0 Å². The highest BCUT2D eigenvalue weighted by Crippen LogP contribution is 2.29. The van der Waals surface area contributed by atoms with Gasteiger partial charge in [0.2, 0.25) is 5.91 Å². The van der Waals surface area contributed by atoms with Crippen LogP contribution in [0.2, 0.25) is 0 Å². The smallest absolute Gasteiger partial charge is 0.234 e. The highest BCUT2D eigenvalue weighted by Gasteiger charge is 2.28. The number of carbonyl (C=O) groups excluding carboxylic acids is 1. The second-order valence-corrected chi connectivity index (χ2v) is 6.57. The van der Waals surface area contributed by atoms with Gasteiger partial charge >= 0.3 is 0 Å². The fourth-order valence-corrected chi connectivity index (χ4v) is 3.25. The minimum atomic E-state index is -0.222. The Kier molecular flexibility index (Phi) is 4.15. The second-order valence-electron chi connectivity index (χ2n) is 6.57. The first-order chi connectivity index (χ1) is 10.1. The first-order valence-electron chi connectivity index (χ1n) is 8.01. The first kappa shape index (κ1) is 14.4. The molecule has 1 aromatic carbocycles. The van der Waals surface area contributed by atoms with Crippen molar-refractivity contribution in [3.05, 3.63) is 29.8 Å². The van der Waals surface area contributed by atoms with E-state index in [9.17, 15) is 4.79 Å². The monoisotopic (exact) mass is 287 g/mol. The van der Waals surface area contributed by atoms with Gasteiger partial charge in [0.25, 0.3) is 0 Å². The highest BCUT2D eigenvalue weighted by atomic mass is 16.1. The van der Waals surface area contributed by atoms with E-state index in [2.05, 4.69) is 41.4 Å². The zero-order valence-corrected chi connectivity index (χ0v) is 12.7. The van der Waals surface area contributed by atoms with E-state index in [1.807, 2.05) is 0 Å². The maximum Gasteiger partial charge on any atom is 0.234 e. The summed E-state index contributed by atoms with van der Waals surface area (Å²) in [4.78, 5) is 14.0. The Labute approximate surface area is 126 Å². The molecule has 1 saturated carbocycles. The van der Waals surface area contributed by atoms with E-state index in [1.54, 1.807) is 0 Å². The third-order valence-corrected chi connectivity index (χ3v) is 4.48. The van der Waals surface area contributed by atoms with E-state index in [0.717, 1.165) is 25.9 Å². The molecule has 114 valence electrons. The molecule has 0 saturated heterocycles. The minimum absolute atomic E-state index is 0.193. The van der Waals surface area contributed by atoms with Crippen molar-refractivity contribution >= 4 is 11.6 Å². The summed E-state index contributed by atoms with van der Waals surface area (Å²) in [5.41, 5.74) is 8.27. The van der Waals surface area contributed by atoms with Gasteiger partial charge in [0.15, 0.2) is 0 Å². The van der Waals surface area contributed by atoms with Gasteiger partial charge in [-0.1, -0.05) is 25.1 Å². The van der Waals surface area contributed by atoms with E-state index in [-0.39, 0.29) is 11.9 Å². The van der Waals surface area contributed by atoms with Gasteiger partial charge in [0.1, 0.15) is 0 Å². The molecule has 1 aliphatic heterocycles. The average molecular weight is 287 g/mol. The number of hydrogen-bond acceptors (Lipinski definition) is 3. The molecule has 1 aromatic rings. The molecule has 2 aliphatic rings. The van der Waals surface area contributed by atoms with Crippen LogP contribution in [-0.4, -0.2) is 31.1 Å². The summed E-state index contributed by atoms with van der Waals surface area (Å²) in [5, 5.41) is 3.36. The number of para-hydroxylation sites is 1. The van der Waals surface area contributed by atoms with Gasteiger partial charge in [-0.3, -0.25) is 4.79 Å². The third kappa shape index (κ3) is 3.56. The molecule has 0 radical (unpaired) electrons. The van der Waals surface area contributed by atoms with Crippen LogP contribution >= 0.6 is 0 Å². The van der Waals surface area contributed by atoms with Gasteiger partial charge in [-0.05, 0) is 43.2 Å². The van der Waals surface area contributed by atoms with Crippen LogP contribution in [0.25, 0.3) is 0 Å². The van der Waals surface area contributed by atoms with Gasteiger partial charge in [-0.2, -0.15) is 0 Å². The number of nitrogens with two attached hydrogens (primary N) is 1. The largest absolute Gasteiger partial charge is 0.371 e. The number of nitrogens with one attached hydrogen (secondary N) is 1. The van der Waals surface area contributed by atoms with Gasteiger partial charge < -0.3 is 16.0 Å². The van der Waals surface area contributed by atoms with E-state index >= 15 is 0 Å². The molecule has 4 heteroatoms. The molecular weight excluding hydrogens is 262 g/mol. The Hall–Kier alpha value is -1.55. The van der Waals surface area contributed by atoms with Crippen LogP contribution in [0.15, 0.2) is 24.3 Å². The first-order valence-corrected chi connectivity index (χ1v) is 8.01. The van der Waals surface area contributed by atoms with E-state index < -0.39 is 0 Å². The van der Waals surface area contributed by atoms with Crippen LogP contribution in [-0.2, 0) is 11.2 Å². The van der Waals surface area contributed by atoms with Crippen LogP contribution in [0.3, 0.4) is 0 Å². The Morgan fingerprint density at radius 3 is 2.90 bits per heavy atom. The topological polar surface area (TPSA) is 58.4 Å². The van der Waals surface area contributed by atoms with Crippen molar-refractivity contribution in [3.8, 4) is 0 Å². The van der Waals surface area contributed by atoms with Gasteiger partial charge in [-0.25, -0.2) is 0 Å².